The molecule has 0 aliphatic carbocycles. The molecule has 1 atom stereocenters. The summed E-state index contributed by atoms with van der Waals surface area (Å²) in [7, 11) is 0. The molecule has 7 nitrogen and oxygen atoms in total. The number of nitrogens with one attached hydrogen (secondary N) is 1. The maximum Gasteiger partial charge on any atom is 0.342 e. The highest BCUT2D eigenvalue weighted by molar-refractivity contribution is 6.11. The number of phenols is 1. The van der Waals surface area contributed by atoms with Crippen LogP contribution in [0.3, 0.4) is 0 Å². The molecular weight excluding hydrogens is 336 g/mol. The van der Waals surface area contributed by atoms with Crippen molar-refractivity contribution < 1.29 is 24.2 Å². The fourth-order valence-electron chi connectivity index (χ4n) is 2.74. The van der Waals surface area contributed by atoms with E-state index < -0.39 is 18.0 Å². The Kier molecular flexibility index (Phi) is 4.62. The zero-order valence-electron chi connectivity index (χ0n) is 14.4. The first-order chi connectivity index (χ1) is 12.4. The molecular formula is C19H18N2O5. The Balaban J connectivity index is 1.78. The number of phenolic OH excluding ortho intramolecular Hbond substituents is 1. The average molecular weight is 354 g/mol. The number of esters is 1. The van der Waals surface area contributed by atoms with Gasteiger partial charge in [-0.05, 0) is 43.7 Å². The first-order valence-corrected chi connectivity index (χ1v) is 8.07. The minimum atomic E-state index is -1.12. The Bertz CT molecular complexity index is 893. The van der Waals surface area contributed by atoms with E-state index in [0.29, 0.717) is 11.4 Å². The van der Waals surface area contributed by atoms with Gasteiger partial charge in [-0.3, -0.25) is 14.5 Å². The number of carbonyl (C=O) groups is 3. The third kappa shape index (κ3) is 3.37. The van der Waals surface area contributed by atoms with Gasteiger partial charge in [-0.2, -0.15) is 0 Å². The molecule has 0 radical (unpaired) electrons. The van der Waals surface area contributed by atoms with Crippen LogP contribution in [0.2, 0.25) is 0 Å². The molecule has 7 heteroatoms. The van der Waals surface area contributed by atoms with Crippen LogP contribution < -0.4 is 10.2 Å². The molecule has 0 saturated carbocycles. The second kappa shape index (κ2) is 6.87. The number of anilines is 2. The maximum atomic E-state index is 12.7. The number of amides is 2. The van der Waals surface area contributed by atoms with Gasteiger partial charge in [0.05, 0.1) is 11.4 Å². The number of carbonyl (C=O) groups excluding carboxylic acids is 3. The van der Waals surface area contributed by atoms with Crippen LogP contribution in [0.1, 0.15) is 22.8 Å². The van der Waals surface area contributed by atoms with E-state index in [-0.39, 0.29) is 23.8 Å². The zero-order valence-corrected chi connectivity index (χ0v) is 14.4. The third-order valence-corrected chi connectivity index (χ3v) is 4.04. The van der Waals surface area contributed by atoms with Crippen molar-refractivity contribution in [3.05, 3.63) is 53.6 Å². The molecule has 2 amide bonds. The van der Waals surface area contributed by atoms with E-state index in [1.165, 1.54) is 24.0 Å². The first kappa shape index (κ1) is 17.5. The SMILES string of the molecule is Cc1ccc(C(=O)O[C@H](C)C(=O)N2CC(=O)Nc3ccccc32)c(O)c1. The number of hydrogen-bond donors (Lipinski definition) is 2. The van der Waals surface area contributed by atoms with Crippen molar-refractivity contribution in [3.8, 4) is 5.75 Å². The van der Waals surface area contributed by atoms with Gasteiger partial charge < -0.3 is 15.2 Å². The van der Waals surface area contributed by atoms with Crippen molar-refractivity contribution in [2.75, 3.05) is 16.8 Å². The van der Waals surface area contributed by atoms with E-state index in [1.807, 2.05) is 0 Å². The lowest BCUT2D eigenvalue weighted by Gasteiger charge is -2.30. The highest BCUT2D eigenvalue weighted by atomic mass is 16.5. The van der Waals surface area contributed by atoms with Gasteiger partial charge in [0.1, 0.15) is 17.9 Å². The first-order valence-electron chi connectivity index (χ1n) is 8.07. The molecule has 134 valence electrons. The number of aromatic hydroxyl groups is 1. The van der Waals surface area contributed by atoms with Crippen LogP contribution >= 0.6 is 0 Å². The van der Waals surface area contributed by atoms with Crippen LogP contribution in [-0.2, 0) is 14.3 Å². The summed E-state index contributed by atoms with van der Waals surface area (Å²) in [6.45, 7) is 3.05. The van der Waals surface area contributed by atoms with Crippen LogP contribution in [0.4, 0.5) is 11.4 Å². The van der Waals surface area contributed by atoms with Gasteiger partial charge in [-0.25, -0.2) is 4.79 Å². The molecule has 1 heterocycles. The van der Waals surface area contributed by atoms with E-state index in [4.69, 9.17) is 4.74 Å². The Hall–Kier alpha value is -3.35. The largest absolute Gasteiger partial charge is 0.507 e. The van der Waals surface area contributed by atoms with E-state index >= 15 is 0 Å². The topological polar surface area (TPSA) is 95.9 Å². The molecule has 0 saturated heterocycles. The molecule has 0 spiro atoms. The Morgan fingerprint density at radius 3 is 2.69 bits per heavy atom. The number of nitrogens with zero attached hydrogens (tertiary/aromatic N) is 1. The molecule has 2 N–H and O–H groups in total. The van der Waals surface area contributed by atoms with Gasteiger partial charge >= 0.3 is 5.97 Å². The van der Waals surface area contributed by atoms with Crippen LogP contribution in [-0.4, -0.2) is 35.5 Å². The van der Waals surface area contributed by atoms with Gasteiger partial charge in [0.2, 0.25) is 5.91 Å². The van der Waals surface area contributed by atoms with Gasteiger partial charge in [0.25, 0.3) is 5.91 Å². The monoisotopic (exact) mass is 354 g/mol. The minimum absolute atomic E-state index is 0.0213. The normalized spacial score (nSPS) is 14.2. The van der Waals surface area contributed by atoms with Crippen LogP contribution in [0.25, 0.3) is 0 Å². The van der Waals surface area contributed by atoms with Crippen molar-refractivity contribution in [3.63, 3.8) is 0 Å². The average Bonchev–Trinajstić information content (AvgIpc) is 2.60. The Morgan fingerprint density at radius 1 is 1.23 bits per heavy atom. The number of hydrogen-bond acceptors (Lipinski definition) is 5. The molecule has 0 unspecified atom stereocenters. The molecule has 26 heavy (non-hydrogen) atoms. The van der Waals surface area contributed by atoms with Crippen molar-refractivity contribution in [2.45, 2.75) is 20.0 Å². The second-order valence-electron chi connectivity index (χ2n) is 6.06. The summed E-state index contributed by atoms with van der Waals surface area (Å²) < 4.78 is 5.20. The number of para-hydroxylation sites is 2. The van der Waals surface area contributed by atoms with E-state index in [1.54, 1.807) is 37.3 Å². The van der Waals surface area contributed by atoms with Crippen molar-refractivity contribution >= 4 is 29.2 Å². The maximum absolute atomic E-state index is 12.7. The third-order valence-electron chi connectivity index (χ3n) is 4.04. The Morgan fingerprint density at radius 2 is 1.96 bits per heavy atom. The summed E-state index contributed by atoms with van der Waals surface area (Å²) in [5.74, 6) is -1.87. The molecule has 0 fully saturated rings. The van der Waals surface area contributed by atoms with Gasteiger partial charge in [0, 0.05) is 0 Å². The molecule has 2 aromatic rings. The molecule has 0 bridgehead atoms. The van der Waals surface area contributed by atoms with Crippen molar-refractivity contribution in [1.29, 1.82) is 0 Å². The summed E-state index contributed by atoms with van der Waals surface area (Å²) in [6, 6.07) is 11.4. The quantitative estimate of drug-likeness (QED) is 0.824. The lowest BCUT2D eigenvalue weighted by Crippen LogP contribution is -2.47. The van der Waals surface area contributed by atoms with Gasteiger partial charge in [-0.1, -0.05) is 18.2 Å². The summed E-state index contributed by atoms with van der Waals surface area (Å²) in [6.07, 6.45) is -1.12. The van der Waals surface area contributed by atoms with E-state index in [2.05, 4.69) is 5.32 Å². The zero-order chi connectivity index (χ0) is 18.8. The summed E-state index contributed by atoms with van der Waals surface area (Å²) in [5, 5.41) is 12.6. The molecule has 1 aliphatic rings. The summed E-state index contributed by atoms with van der Waals surface area (Å²) in [5.41, 5.74) is 1.83. The van der Waals surface area contributed by atoms with Gasteiger partial charge in [-0.15, -0.1) is 0 Å². The molecule has 3 rings (SSSR count). The fraction of sp³-hybridized carbons (Fsp3) is 0.211. The fourth-order valence-corrected chi connectivity index (χ4v) is 2.74. The van der Waals surface area contributed by atoms with E-state index in [0.717, 1.165) is 5.56 Å². The number of ether oxygens (including phenoxy) is 1. The predicted molar refractivity (Wildman–Crippen MR) is 95.1 cm³/mol. The van der Waals surface area contributed by atoms with Crippen LogP contribution in [0, 0.1) is 6.92 Å². The minimum Gasteiger partial charge on any atom is -0.507 e. The second-order valence-corrected chi connectivity index (χ2v) is 6.06. The predicted octanol–water partition coefficient (Wildman–Crippen LogP) is 2.23. The molecule has 2 aromatic carbocycles. The lowest BCUT2D eigenvalue weighted by atomic mass is 10.1. The van der Waals surface area contributed by atoms with Crippen LogP contribution in [0.5, 0.6) is 5.75 Å². The smallest absolute Gasteiger partial charge is 0.342 e. The highest BCUT2D eigenvalue weighted by Crippen LogP contribution is 2.29. The number of benzene rings is 2. The van der Waals surface area contributed by atoms with Crippen molar-refractivity contribution in [1.82, 2.24) is 0 Å². The lowest BCUT2D eigenvalue weighted by molar-refractivity contribution is -0.128. The summed E-state index contributed by atoms with van der Waals surface area (Å²) in [4.78, 5) is 38.1. The van der Waals surface area contributed by atoms with E-state index in [9.17, 15) is 19.5 Å². The Labute approximate surface area is 150 Å². The number of rotatable bonds is 3. The highest BCUT2D eigenvalue weighted by Gasteiger charge is 2.31. The number of fused-ring (bicyclic) bond motifs is 1. The molecule has 0 aromatic heterocycles. The van der Waals surface area contributed by atoms with Crippen molar-refractivity contribution in [2.24, 2.45) is 0 Å². The van der Waals surface area contributed by atoms with Crippen LogP contribution in [0.15, 0.2) is 42.5 Å². The number of aryl methyl sites for hydroxylation is 1. The standard InChI is InChI=1S/C19H18N2O5/c1-11-7-8-13(16(22)9-11)19(25)26-12(2)18(24)21-10-17(23)20-14-5-3-4-6-15(14)21/h3-9,12,22H,10H2,1-2H3,(H,20,23)/t12-/m1/s1. The summed E-state index contributed by atoms with van der Waals surface area (Å²) >= 11 is 0. The van der Waals surface area contributed by atoms with Gasteiger partial charge in [0.15, 0.2) is 6.10 Å². The molecule has 1 aliphatic heterocycles.